The molecule has 0 aliphatic heterocycles. The molecule has 2 rings (SSSR count). The van der Waals surface area contributed by atoms with Crippen LogP contribution >= 0.6 is 22.9 Å². The molecule has 0 amide bonds. The van der Waals surface area contributed by atoms with Crippen LogP contribution in [0.3, 0.4) is 0 Å². The van der Waals surface area contributed by atoms with E-state index in [2.05, 4.69) is 10.4 Å². The summed E-state index contributed by atoms with van der Waals surface area (Å²) in [5, 5.41) is 2.05. The fourth-order valence-corrected chi connectivity index (χ4v) is 2.36. The molecule has 0 bridgehead atoms. The van der Waals surface area contributed by atoms with Crippen LogP contribution in [0, 0.1) is 5.82 Å². The first-order valence-electron chi connectivity index (χ1n) is 4.99. The van der Waals surface area contributed by atoms with E-state index in [4.69, 9.17) is 17.4 Å². The van der Waals surface area contributed by atoms with Crippen LogP contribution < -0.4 is 11.3 Å². The number of hydrogen-bond donors (Lipinski definition) is 2. The van der Waals surface area contributed by atoms with Crippen LogP contribution in [-0.2, 0) is 6.42 Å². The summed E-state index contributed by atoms with van der Waals surface area (Å²) in [4.78, 5) is 4.19. The van der Waals surface area contributed by atoms with E-state index in [0.717, 1.165) is 11.3 Å². The summed E-state index contributed by atoms with van der Waals surface area (Å²) in [5.41, 5.74) is 6.22. The molecule has 1 atom stereocenters. The van der Waals surface area contributed by atoms with Crippen LogP contribution in [-0.4, -0.2) is 4.98 Å². The van der Waals surface area contributed by atoms with Crippen LogP contribution in [0.15, 0.2) is 29.1 Å². The Labute approximate surface area is 107 Å². The van der Waals surface area contributed by atoms with Crippen LogP contribution in [0.1, 0.15) is 17.3 Å². The van der Waals surface area contributed by atoms with Gasteiger partial charge in [0.25, 0.3) is 0 Å². The molecule has 0 saturated heterocycles. The summed E-state index contributed by atoms with van der Waals surface area (Å²) in [6.45, 7) is 0. The SMILES string of the molecule is NNC(Cc1ccc(F)c(Cl)c1)c1cscn1. The van der Waals surface area contributed by atoms with Gasteiger partial charge in [-0.3, -0.25) is 11.3 Å². The molecule has 3 N–H and O–H groups in total. The molecule has 0 fully saturated rings. The van der Waals surface area contributed by atoms with E-state index < -0.39 is 5.82 Å². The summed E-state index contributed by atoms with van der Waals surface area (Å²) in [6, 6.07) is 4.56. The molecule has 1 unspecified atom stereocenters. The van der Waals surface area contributed by atoms with Gasteiger partial charge in [0.1, 0.15) is 5.82 Å². The average Bonchev–Trinajstić information content (AvgIpc) is 2.84. The number of hydrogen-bond acceptors (Lipinski definition) is 4. The molecule has 17 heavy (non-hydrogen) atoms. The van der Waals surface area contributed by atoms with Crippen molar-refractivity contribution < 1.29 is 4.39 Å². The van der Waals surface area contributed by atoms with E-state index in [-0.39, 0.29) is 11.1 Å². The van der Waals surface area contributed by atoms with Crippen molar-refractivity contribution in [1.29, 1.82) is 0 Å². The smallest absolute Gasteiger partial charge is 0.141 e. The first-order chi connectivity index (χ1) is 8.20. The van der Waals surface area contributed by atoms with Crippen molar-refractivity contribution in [3.8, 4) is 0 Å². The fraction of sp³-hybridized carbons (Fsp3) is 0.182. The maximum atomic E-state index is 13.0. The summed E-state index contributed by atoms with van der Waals surface area (Å²) >= 11 is 7.23. The topological polar surface area (TPSA) is 50.9 Å². The van der Waals surface area contributed by atoms with Crippen LogP contribution in [0.25, 0.3) is 0 Å². The Bertz CT molecular complexity index is 489. The second-order valence-corrected chi connectivity index (χ2v) is 4.71. The third-order valence-electron chi connectivity index (χ3n) is 2.43. The van der Waals surface area contributed by atoms with E-state index in [1.54, 1.807) is 17.6 Å². The zero-order valence-corrected chi connectivity index (χ0v) is 10.4. The maximum Gasteiger partial charge on any atom is 0.141 e. The number of halogens is 2. The minimum Gasteiger partial charge on any atom is -0.271 e. The zero-order valence-electron chi connectivity index (χ0n) is 8.86. The molecule has 2 aromatic rings. The standard InChI is InChI=1S/C11H11ClFN3S/c12-8-3-7(1-2-9(8)13)4-10(16-14)11-5-17-6-15-11/h1-3,5-6,10,16H,4,14H2. The lowest BCUT2D eigenvalue weighted by molar-refractivity contribution is 0.540. The highest BCUT2D eigenvalue weighted by molar-refractivity contribution is 7.07. The summed E-state index contributed by atoms with van der Waals surface area (Å²) in [7, 11) is 0. The molecule has 0 radical (unpaired) electrons. The van der Waals surface area contributed by atoms with E-state index in [1.807, 2.05) is 5.38 Å². The number of hydrazine groups is 1. The lowest BCUT2D eigenvalue weighted by Gasteiger charge is -2.13. The van der Waals surface area contributed by atoms with Gasteiger partial charge in [0.15, 0.2) is 0 Å². The molecule has 3 nitrogen and oxygen atoms in total. The third-order valence-corrected chi connectivity index (χ3v) is 3.33. The summed E-state index contributed by atoms with van der Waals surface area (Å²) < 4.78 is 13.0. The molecule has 0 aliphatic carbocycles. The van der Waals surface area contributed by atoms with Gasteiger partial charge in [-0.2, -0.15) is 0 Å². The molecule has 1 heterocycles. The normalized spacial score (nSPS) is 12.6. The number of nitrogens with two attached hydrogens (primary N) is 1. The van der Waals surface area contributed by atoms with Gasteiger partial charge in [-0.1, -0.05) is 17.7 Å². The number of aromatic nitrogens is 1. The van der Waals surface area contributed by atoms with Crippen molar-refractivity contribution >= 4 is 22.9 Å². The van der Waals surface area contributed by atoms with Gasteiger partial charge in [-0.05, 0) is 24.1 Å². The van der Waals surface area contributed by atoms with Gasteiger partial charge in [0.2, 0.25) is 0 Å². The molecule has 1 aromatic heterocycles. The maximum absolute atomic E-state index is 13.0. The predicted octanol–water partition coefficient (Wildman–Crippen LogP) is 2.68. The largest absolute Gasteiger partial charge is 0.271 e. The Kier molecular flexibility index (Phi) is 4.06. The molecular weight excluding hydrogens is 261 g/mol. The second kappa shape index (κ2) is 5.55. The Balaban J connectivity index is 2.16. The molecule has 0 aliphatic rings. The van der Waals surface area contributed by atoms with E-state index in [9.17, 15) is 4.39 Å². The number of nitrogens with zero attached hydrogens (tertiary/aromatic N) is 1. The predicted molar refractivity (Wildman–Crippen MR) is 67.3 cm³/mol. The van der Waals surface area contributed by atoms with Gasteiger partial charge in [0.05, 0.1) is 22.3 Å². The summed E-state index contributed by atoms with van der Waals surface area (Å²) in [6.07, 6.45) is 0.611. The minimum absolute atomic E-state index is 0.0947. The highest BCUT2D eigenvalue weighted by Crippen LogP contribution is 2.21. The van der Waals surface area contributed by atoms with Crippen LogP contribution in [0.2, 0.25) is 5.02 Å². The summed E-state index contributed by atoms with van der Waals surface area (Å²) in [5.74, 6) is 5.07. The fourth-order valence-electron chi connectivity index (χ4n) is 1.55. The van der Waals surface area contributed by atoms with Crippen molar-refractivity contribution in [1.82, 2.24) is 10.4 Å². The minimum atomic E-state index is -0.415. The second-order valence-electron chi connectivity index (χ2n) is 3.59. The molecule has 90 valence electrons. The Hall–Kier alpha value is -1.01. The van der Waals surface area contributed by atoms with Gasteiger partial charge in [-0.25, -0.2) is 9.37 Å². The molecule has 0 spiro atoms. The number of nitrogens with one attached hydrogen (secondary N) is 1. The number of benzene rings is 1. The highest BCUT2D eigenvalue weighted by atomic mass is 35.5. The van der Waals surface area contributed by atoms with E-state index in [1.165, 1.54) is 17.4 Å². The van der Waals surface area contributed by atoms with Gasteiger partial charge < -0.3 is 0 Å². The van der Waals surface area contributed by atoms with Crippen molar-refractivity contribution in [2.24, 2.45) is 5.84 Å². The quantitative estimate of drug-likeness (QED) is 0.664. The first-order valence-corrected chi connectivity index (χ1v) is 6.31. The molecule has 1 aromatic carbocycles. The Morgan fingerprint density at radius 3 is 2.94 bits per heavy atom. The number of thiazole rings is 1. The molecular formula is C11H11ClFN3S. The number of rotatable bonds is 4. The lowest BCUT2D eigenvalue weighted by atomic mass is 10.0. The Morgan fingerprint density at radius 1 is 1.53 bits per heavy atom. The molecule has 6 heteroatoms. The van der Waals surface area contributed by atoms with E-state index >= 15 is 0 Å². The third kappa shape index (κ3) is 3.01. The lowest BCUT2D eigenvalue weighted by Crippen LogP contribution is -2.29. The van der Waals surface area contributed by atoms with Crippen molar-refractivity contribution in [3.05, 3.63) is 51.2 Å². The van der Waals surface area contributed by atoms with Crippen molar-refractivity contribution in [2.75, 3.05) is 0 Å². The van der Waals surface area contributed by atoms with Crippen LogP contribution in [0.4, 0.5) is 4.39 Å². The van der Waals surface area contributed by atoms with Gasteiger partial charge in [-0.15, -0.1) is 11.3 Å². The van der Waals surface area contributed by atoms with E-state index in [0.29, 0.717) is 6.42 Å². The van der Waals surface area contributed by atoms with Crippen LogP contribution in [0.5, 0.6) is 0 Å². The van der Waals surface area contributed by atoms with Crippen molar-refractivity contribution in [3.63, 3.8) is 0 Å². The highest BCUT2D eigenvalue weighted by Gasteiger charge is 2.13. The monoisotopic (exact) mass is 271 g/mol. The molecule has 0 saturated carbocycles. The van der Waals surface area contributed by atoms with Crippen molar-refractivity contribution in [2.45, 2.75) is 12.5 Å². The van der Waals surface area contributed by atoms with Gasteiger partial charge in [0, 0.05) is 5.38 Å². The van der Waals surface area contributed by atoms with Gasteiger partial charge >= 0.3 is 0 Å². The first kappa shape index (κ1) is 12.4. The average molecular weight is 272 g/mol. The Morgan fingerprint density at radius 2 is 2.35 bits per heavy atom. The zero-order chi connectivity index (χ0) is 12.3.